The zero-order valence-corrected chi connectivity index (χ0v) is 18.9. The minimum absolute atomic E-state index is 0.696. The predicted molar refractivity (Wildman–Crippen MR) is 117 cm³/mol. The van der Waals surface area contributed by atoms with Crippen molar-refractivity contribution in [3.05, 3.63) is 0 Å². The van der Waals surface area contributed by atoms with Gasteiger partial charge in [-0.1, -0.05) is 33.1 Å². The summed E-state index contributed by atoms with van der Waals surface area (Å²) in [6, 6.07) is 0.696. The van der Waals surface area contributed by atoms with Crippen molar-refractivity contribution >= 4 is 0 Å². The van der Waals surface area contributed by atoms with Crippen LogP contribution in [0.25, 0.3) is 0 Å². The summed E-state index contributed by atoms with van der Waals surface area (Å²) >= 11 is 0. The summed E-state index contributed by atoms with van der Waals surface area (Å²) in [5, 5.41) is 2.46. The Kier molecular flexibility index (Phi) is 8.05. The van der Waals surface area contributed by atoms with Crippen molar-refractivity contribution in [2.75, 3.05) is 33.2 Å². The fourth-order valence-electron chi connectivity index (χ4n) is 6.38. The van der Waals surface area contributed by atoms with Crippen LogP contribution in [0.1, 0.15) is 79.1 Å². The Bertz CT molecular complexity index is 435. The molecular formula is C24H47N3. The van der Waals surface area contributed by atoms with Gasteiger partial charge in [0.1, 0.15) is 0 Å². The second-order valence-corrected chi connectivity index (χ2v) is 10.6. The monoisotopic (exact) mass is 377 g/mol. The van der Waals surface area contributed by atoms with Crippen LogP contribution in [0.5, 0.6) is 0 Å². The van der Waals surface area contributed by atoms with Crippen LogP contribution in [-0.4, -0.2) is 49.2 Å². The summed E-state index contributed by atoms with van der Waals surface area (Å²) < 4.78 is 0. The SMILES string of the molecule is CNN1CCCC(C2CCC(C3CCCC(C(C)C)C3)CN(C(C)C)C2)C1. The third-order valence-electron chi connectivity index (χ3n) is 8.38. The molecule has 3 heteroatoms. The maximum Gasteiger partial charge on any atom is 0.0162 e. The Labute approximate surface area is 169 Å². The minimum Gasteiger partial charge on any atom is -0.300 e. The summed E-state index contributed by atoms with van der Waals surface area (Å²) in [5.74, 6) is 5.59. The highest BCUT2D eigenvalue weighted by molar-refractivity contribution is 4.88. The number of hydrogen-bond donors (Lipinski definition) is 1. The van der Waals surface area contributed by atoms with Gasteiger partial charge in [0.15, 0.2) is 0 Å². The normalized spacial score (nSPS) is 37.7. The van der Waals surface area contributed by atoms with Crippen LogP contribution in [0.2, 0.25) is 0 Å². The lowest BCUT2D eigenvalue weighted by atomic mass is 9.70. The number of hydrazine groups is 1. The summed E-state index contributed by atoms with van der Waals surface area (Å²) in [6.07, 6.45) is 11.7. The molecule has 27 heavy (non-hydrogen) atoms. The molecule has 0 spiro atoms. The fraction of sp³-hybridized carbons (Fsp3) is 1.00. The molecule has 0 aromatic carbocycles. The van der Waals surface area contributed by atoms with Crippen LogP contribution >= 0.6 is 0 Å². The first kappa shape index (κ1) is 21.6. The van der Waals surface area contributed by atoms with Gasteiger partial charge in [-0.05, 0) is 88.5 Å². The van der Waals surface area contributed by atoms with Gasteiger partial charge in [0.05, 0.1) is 0 Å². The molecule has 5 atom stereocenters. The average Bonchev–Trinajstić information content (AvgIpc) is 2.91. The summed E-state index contributed by atoms with van der Waals surface area (Å²) in [4.78, 5) is 2.86. The van der Waals surface area contributed by atoms with Crippen LogP contribution < -0.4 is 5.43 Å². The topological polar surface area (TPSA) is 18.5 Å². The maximum atomic E-state index is 3.42. The third-order valence-corrected chi connectivity index (χ3v) is 8.38. The number of nitrogens with one attached hydrogen (secondary N) is 1. The number of rotatable bonds is 5. The molecular weight excluding hydrogens is 330 g/mol. The van der Waals surface area contributed by atoms with Crippen LogP contribution in [0.3, 0.4) is 0 Å². The van der Waals surface area contributed by atoms with E-state index in [1.54, 1.807) is 0 Å². The van der Waals surface area contributed by atoms with Crippen molar-refractivity contribution in [1.29, 1.82) is 0 Å². The Balaban J connectivity index is 1.65. The molecule has 1 saturated carbocycles. The molecule has 0 amide bonds. The van der Waals surface area contributed by atoms with E-state index >= 15 is 0 Å². The molecule has 3 nitrogen and oxygen atoms in total. The zero-order chi connectivity index (χ0) is 19.4. The number of piperidine rings is 1. The van der Waals surface area contributed by atoms with Crippen molar-refractivity contribution < 1.29 is 0 Å². The molecule has 0 aromatic rings. The van der Waals surface area contributed by atoms with Crippen molar-refractivity contribution in [2.24, 2.45) is 35.5 Å². The van der Waals surface area contributed by atoms with E-state index in [4.69, 9.17) is 0 Å². The number of likely N-dealkylation sites (tertiary alicyclic amines) is 1. The van der Waals surface area contributed by atoms with Crippen molar-refractivity contribution in [1.82, 2.24) is 15.3 Å². The third kappa shape index (κ3) is 5.70. The van der Waals surface area contributed by atoms with E-state index in [0.29, 0.717) is 6.04 Å². The molecule has 1 N–H and O–H groups in total. The molecule has 2 saturated heterocycles. The predicted octanol–water partition coefficient (Wildman–Crippen LogP) is 5.03. The lowest BCUT2D eigenvalue weighted by molar-refractivity contribution is 0.0750. The Morgan fingerprint density at radius 3 is 2.00 bits per heavy atom. The molecule has 2 heterocycles. The molecule has 3 fully saturated rings. The highest BCUT2D eigenvalue weighted by atomic mass is 15.5. The van der Waals surface area contributed by atoms with Gasteiger partial charge in [-0.3, -0.25) is 5.43 Å². The van der Waals surface area contributed by atoms with E-state index in [1.165, 1.54) is 77.5 Å². The molecule has 3 rings (SSSR count). The highest BCUT2D eigenvalue weighted by Gasteiger charge is 2.36. The van der Waals surface area contributed by atoms with E-state index in [1.807, 2.05) is 0 Å². The van der Waals surface area contributed by atoms with Gasteiger partial charge < -0.3 is 4.90 Å². The summed E-state index contributed by atoms with van der Waals surface area (Å²) in [7, 11) is 2.10. The van der Waals surface area contributed by atoms with Crippen LogP contribution in [-0.2, 0) is 0 Å². The molecule has 0 bridgehead atoms. The zero-order valence-electron chi connectivity index (χ0n) is 18.9. The molecule has 1 aliphatic carbocycles. The Hall–Kier alpha value is -0.120. The molecule has 0 aromatic heterocycles. The van der Waals surface area contributed by atoms with E-state index < -0.39 is 0 Å². The quantitative estimate of drug-likeness (QED) is 0.725. The van der Waals surface area contributed by atoms with Gasteiger partial charge in [0, 0.05) is 32.2 Å². The number of hydrogen-bond acceptors (Lipinski definition) is 3. The van der Waals surface area contributed by atoms with Gasteiger partial charge in [0.25, 0.3) is 0 Å². The molecule has 3 aliphatic rings. The second kappa shape index (κ2) is 10.1. The maximum absolute atomic E-state index is 3.42. The summed E-state index contributed by atoms with van der Waals surface area (Å²) in [6.45, 7) is 15.0. The second-order valence-electron chi connectivity index (χ2n) is 10.6. The Morgan fingerprint density at radius 2 is 1.37 bits per heavy atom. The van der Waals surface area contributed by atoms with Gasteiger partial charge in [-0.15, -0.1) is 0 Å². The van der Waals surface area contributed by atoms with E-state index in [2.05, 4.69) is 50.1 Å². The Morgan fingerprint density at radius 1 is 0.741 bits per heavy atom. The first-order chi connectivity index (χ1) is 13.0. The van der Waals surface area contributed by atoms with Crippen molar-refractivity contribution in [3.8, 4) is 0 Å². The average molecular weight is 378 g/mol. The van der Waals surface area contributed by atoms with E-state index in [9.17, 15) is 0 Å². The molecule has 0 radical (unpaired) electrons. The number of nitrogens with zero attached hydrogens (tertiary/aromatic N) is 2. The van der Waals surface area contributed by atoms with Gasteiger partial charge in [0.2, 0.25) is 0 Å². The first-order valence-corrected chi connectivity index (χ1v) is 12.1. The van der Waals surface area contributed by atoms with Crippen LogP contribution in [0, 0.1) is 35.5 Å². The van der Waals surface area contributed by atoms with E-state index in [0.717, 1.165) is 35.5 Å². The minimum atomic E-state index is 0.696. The molecule has 5 unspecified atom stereocenters. The standard InChI is InChI=1S/C24H47N3/c1-18(2)20-8-6-9-21(14-20)23-11-12-24(16-26(15-23)19(3)4)22-10-7-13-27(17-22)25-5/h18-25H,6-17H2,1-5H3. The van der Waals surface area contributed by atoms with Crippen LogP contribution in [0.4, 0.5) is 0 Å². The summed E-state index contributed by atoms with van der Waals surface area (Å²) in [5.41, 5.74) is 3.42. The van der Waals surface area contributed by atoms with Crippen molar-refractivity contribution in [3.63, 3.8) is 0 Å². The molecule has 2 aliphatic heterocycles. The van der Waals surface area contributed by atoms with Gasteiger partial charge in [-0.2, -0.15) is 0 Å². The largest absolute Gasteiger partial charge is 0.300 e. The first-order valence-electron chi connectivity index (χ1n) is 12.1. The van der Waals surface area contributed by atoms with Gasteiger partial charge >= 0.3 is 0 Å². The lowest BCUT2D eigenvalue weighted by Gasteiger charge is -2.39. The van der Waals surface area contributed by atoms with E-state index in [-0.39, 0.29) is 0 Å². The fourth-order valence-corrected chi connectivity index (χ4v) is 6.38. The van der Waals surface area contributed by atoms with Crippen molar-refractivity contribution in [2.45, 2.75) is 85.1 Å². The highest BCUT2D eigenvalue weighted by Crippen LogP contribution is 2.42. The van der Waals surface area contributed by atoms with Gasteiger partial charge in [-0.25, -0.2) is 5.01 Å². The molecule has 158 valence electrons. The smallest absolute Gasteiger partial charge is 0.0162 e. The van der Waals surface area contributed by atoms with Crippen LogP contribution in [0.15, 0.2) is 0 Å². The lowest BCUT2D eigenvalue weighted by Crippen LogP contribution is -2.47.